The number of thiazole rings is 1. The molecule has 0 saturated carbocycles. The fraction of sp³-hybridized carbons (Fsp3) is 0. The summed E-state index contributed by atoms with van der Waals surface area (Å²) in [5.74, 6) is -0.201. The second-order valence-corrected chi connectivity index (χ2v) is 4.84. The molecule has 0 atom stereocenters. The van der Waals surface area contributed by atoms with Crippen LogP contribution in [0.15, 0.2) is 34.2 Å². The summed E-state index contributed by atoms with van der Waals surface area (Å²) in [6.07, 6.45) is 1.61. The number of hydrogen-bond acceptors (Lipinski definition) is 3. The van der Waals surface area contributed by atoms with Gasteiger partial charge in [0.25, 0.3) is 5.19 Å². The van der Waals surface area contributed by atoms with E-state index < -0.39 is 0 Å². The first-order valence-corrected chi connectivity index (χ1v) is 5.40. The van der Waals surface area contributed by atoms with Gasteiger partial charge in [0, 0.05) is 0 Å². The second kappa shape index (κ2) is 4.06. The summed E-state index contributed by atoms with van der Waals surface area (Å²) in [4.78, 5) is 3.93. The third kappa shape index (κ3) is 2.10. The van der Waals surface area contributed by atoms with E-state index in [1.165, 1.54) is 17.4 Å². The molecule has 1 aromatic carbocycles. The van der Waals surface area contributed by atoms with Crippen molar-refractivity contribution in [2.24, 2.45) is 0 Å². The monoisotopic (exact) mass is 273 g/mol. The predicted molar refractivity (Wildman–Crippen MR) is 56.3 cm³/mol. The summed E-state index contributed by atoms with van der Waals surface area (Å²) < 4.78 is 19.2. The average molecular weight is 274 g/mol. The quantitative estimate of drug-likeness (QED) is 0.830. The normalized spacial score (nSPS) is 10.1. The van der Waals surface area contributed by atoms with E-state index in [-0.39, 0.29) is 11.6 Å². The molecule has 0 aliphatic carbocycles. The van der Waals surface area contributed by atoms with Crippen LogP contribution in [-0.2, 0) is 0 Å². The number of nitrogens with zero attached hydrogens (tertiary/aromatic N) is 1. The lowest BCUT2D eigenvalue weighted by Gasteiger charge is -2.01. The molecule has 5 heteroatoms. The van der Waals surface area contributed by atoms with Crippen molar-refractivity contribution in [1.29, 1.82) is 0 Å². The van der Waals surface area contributed by atoms with Crippen LogP contribution in [0.1, 0.15) is 0 Å². The van der Waals surface area contributed by atoms with Crippen LogP contribution < -0.4 is 4.74 Å². The Labute approximate surface area is 92.5 Å². The van der Waals surface area contributed by atoms with Gasteiger partial charge in [-0.05, 0) is 28.1 Å². The summed E-state index contributed by atoms with van der Waals surface area (Å²) in [7, 11) is 0. The molecule has 0 bridgehead atoms. The number of rotatable bonds is 2. The number of para-hydroxylation sites is 1. The van der Waals surface area contributed by atoms with Gasteiger partial charge in [-0.1, -0.05) is 23.5 Å². The van der Waals surface area contributed by atoms with E-state index >= 15 is 0 Å². The van der Waals surface area contributed by atoms with Crippen LogP contribution in [0.4, 0.5) is 4.39 Å². The van der Waals surface area contributed by atoms with Gasteiger partial charge in [0.05, 0.1) is 9.98 Å². The van der Waals surface area contributed by atoms with Crippen molar-refractivity contribution in [1.82, 2.24) is 4.98 Å². The van der Waals surface area contributed by atoms with Crippen molar-refractivity contribution in [2.45, 2.75) is 0 Å². The molecule has 2 nitrogen and oxygen atoms in total. The SMILES string of the molecule is Fc1ccccc1Oc1ncc(Br)s1. The highest BCUT2D eigenvalue weighted by atomic mass is 79.9. The van der Waals surface area contributed by atoms with Gasteiger partial charge in [0.1, 0.15) is 0 Å². The molecular formula is C9H5BrFNOS. The molecule has 0 aliphatic heterocycles. The van der Waals surface area contributed by atoms with Gasteiger partial charge in [-0.15, -0.1) is 0 Å². The smallest absolute Gasteiger partial charge is 0.279 e. The number of ether oxygens (including phenoxy) is 1. The van der Waals surface area contributed by atoms with Crippen LogP contribution in [-0.4, -0.2) is 4.98 Å². The number of halogens is 2. The molecule has 0 spiro atoms. The Morgan fingerprint density at radius 1 is 1.36 bits per heavy atom. The molecule has 2 aromatic rings. The molecule has 0 radical (unpaired) electrons. The van der Waals surface area contributed by atoms with Gasteiger partial charge < -0.3 is 4.74 Å². The molecule has 0 unspecified atom stereocenters. The first-order chi connectivity index (χ1) is 6.75. The Balaban J connectivity index is 2.23. The Hall–Kier alpha value is -0.940. The lowest BCUT2D eigenvalue weighted by atomic mass is 10.3. The van der Waals surface area contributed by atoms with Crippen molar-refractivity contribution in [2.75, 3.05) is 0 Å². The average Bonchev–Trinajstić information content (AvgIpc) is 2.56. The minimum atomic E-state index is -0.390. The maximum Gasteiger partial charge on any atom is 0.279 e. The van der Waals surface area contributed by atoms with Crippen molar-refractivity contribution in [3.05, 3.63) is 40.1 Å². The first-order valence-electron chi connectivity index (χ1n) is 3.79. The lowest BCUT2D eigenvalue weighted by Crippen LogP contribution is -1.85. The standard InChI is InChI=1S/C9H5BrFNOS/c10-8-5-12-9(14-8)13-7-4-2-1-3-6(7)11/h1-5H. The van der Waals surface area contributed by atoms with Crippen LogP contribution in [0.5, 0.6) is 10.9 Å². The number of aromatic nitrogens is 1. The Bertz CT molecular complexity index is 446. The lowest BCUT2D eigenvalue weighted by molar-refractivity contribution is 0.439. The van der Waals surface area contributed by atoms with Crippen LogP contribution in [0.3, 0.4) is 0 Å². The van der Waals surface area contributed by atoms with Gasteiger partial charge in [-0.3, -0.25) is 0 Å². The van der Waals surface area contributed by atoms with E-state index in [2.05, 4.69) is 20.9 Å². The summed E-state index contributed by atoms with van der Waals surface area (Å²) in [5, 5.41) is 0.418. The van der Waals surface area contributed by atoms with Gasteiger partial charge in [-0.2, -0.15) is 0 Å². The summed E-state index contributed by atoms with van der Waals surface area (Å²) in [5.41, 5.74) is 0. The molecule has 2 rings (SSSR count). The van der Waals surface area contributed by atoms with Gasteiger partial charge in [0.2, 0.25) is 0 Å². The minimum absolute atomic E-state index is 0.189. The third-order valence-electron chi connectivity index (χ3n) is 1.49. The second-order valence-electron chi connectivity index (χ2n) is 2.46. The highest BCUT2D eigenvalue weighted by Gasteiger charge is 2.05. The highest BCUT2D eigenvalue weighted by molar-refractivity contribution is 9.11. The molecular weight excluding hydrogens is 269 g/mol. The van der Waals surface area contributed by atoms with Gasteiger partial charge >= 0.3 is 0 Å². The Kier molecular flexibility index (Phi) is 2.79. The molecule has 72 valence electrons. The van der Waals surface area contributed by atoms with Crippen molar-refractivity contribution < 1.29 is 9.13 Å². The maximum atomic E-state index is 13.1. The fourth-order valence-corrected chi connectivity index (χ4v) is 1.94. The molecule has 14 heavy (non-hydrogen) atoms. The van der Waals surface area contributed by atoms with E-state index in [0.717, 1.165) is 3.79 Å². The zero-order valence-electron chi connectivity index (χ0n) is 6.91. The van der Waals surface area contributed by atoms with Crippen molar-refractivity contribution in [3.8, 4) is 10.9 Å². The zero-order valence-corrected chi connectivity index (χ0v) is 9.31. The summed E-state index contributed by atoms with van der Waals surface area (Å²) in [6, 6.07) is 6.23. The molecule has 0 fully saturated rings. The molecule has 0 saturated heterocycles. The zero-order chi connectivity index (χ0) is 9.97. The van der Waals surface area contributed by atoms with Gasteiger partial charge in [-0.25, -0.2) is 9.37 Å². The highest BCUT2D eigenvalue weighted by Crippen LogP contribution is 2.30. The van der Waals surface area contributed by atoms with E-state index in [0.29, 0.717) is 5.19 Å². The third-order valence-corrected chi connectivity index (χ3v) is 2.84. The molecule has 1 aromatic heterocycles. The fourth-order valence-electron chi connectivity index (χ4n) is 0.908. The van der Waals surface area contributed by atoms with E-state index in [4.69, 9.17) is 4.74 Å². The van der Waals surface area contributed by atoms with E-state index in [1.54, 1.807) is 24.4 Å². The van der Waals surface area contributed by atoms with Crippen LogP contribution in [0.2, 0.25) is 0 Å². The Morgan fingerprint density at radius 2 is 2.14 bits per heavy atom. The Morgan fingerprint density at radius 3 is 2.79 bits per heavy atom. The first kappa shape index (κ1) is 9.61. The number of benzene rings is 1. The van der Waals surface area contributed by atoms with E-state index in [9.17, 15) is 4.39 Å². The van der Waals surface area contributed by atoms with E-state index in [1.807, 2.05) is 0 Å². The minimum Gasteiger partial charge on any atom is -0.428 e. The van der Waals surface area contributed by atoms with Crippen LogP contribution in [0, 0.1) is 5.82 Å². The molecule has 0 amide bonds. The molecule has 0 N–H and O–H groups in total. The number of hydrogen-bond donors (Lipinski definition) is 0. The summed E-state index contributed by atoms with van der Waals surface area (Å²) in [6.45, 7) is 0. The van der Waals surface area contributed by atoms with Crippen LogP contribution >= 0.6 is 27.3 Å². The maximum absolute atomic E-state index is 13.1. The van der Waals surface area contributed by atoms with Gasteiger partial charge in [0.15, 0.2) is 11.6 Å². The molecule has 1 heterocycles. The summed E-state index contributed by atoms with van der Waals surface area (Å²) >= 11 is 4.55. The topological polar surface area (TPSA) is 22.1 Å². The van der Waals surface area contributed by atoms with Crippen molar-refractivity contribution >= 4 is 27.3 Å². The van der Waals surface area contributed by atoms with Crippen molar-refractivity contribution in [3.63, 3.8) is 0 Å². The van der Waals surface area contributed by atoms with Crippen LogP contribution in [0.25, 0.3) is 0 Å². The predicted octanol–water partition coefficient (Wildman–Crippen LogP) is 3.84. The largest absolute Gasteiger partial charge is 0.428 e. The molecule has 0 aliphatic rings.